The van der Waals surface area contributed by atoms with Crippen molar-refractivity contribution in [1.29, 1.82) is 0 Å². The van der Waals surface area contributed by atoms with Crippen molar-refractivity contribution in [2.45, 2.75) is 70.4 Å². The predicted octanol–water partition coefficient (Wildman–Crippen LogP) is 4.67. The lowest BCUT2D eigenvalue weighted by atomic mass is 9.93. The Morgan fingerprint density at radius 2 is 1.85 bits per heavy atom. The molecule has 1 aromatic rings. The van der Waals surface area contributed by atoms with Crippen LogP contribution in [0.4, 0.5) is 18.0 Å². The van der Waals surface area contributed by atoms with E-state index in [2.05, 4.69) is 5.32 Å². The summed E-state index contributed by atoms with van der Waals surface area (Å²) in [5, 5.41) is 2.59. The largest absolute Gasteiger partial charge is 0.444 e. The SMILES string of the molecule is C[C@H](c1ccccc1)N1CC[C@@H](NC(=O)OC(C)(C)C)C[C@@H]1C(F)(F)F. The normalized spacial score (nSPS) is 23.3. The second-order valence-corrected chi connectivity index (χ2v) is 7.75. The van der Waals surface area contributed by atoms with Gasteiger partial charge >= 0.3 is 12.3 Å². The van der Waals surface area contributed by atoms with E-state index in [1.54, 1.807) is 27.7 Å². The standard InChI is InChI=1S/C19H27F3N2O2/c1-13(14-8-6-5-7-9-14)24-11-10-15(12-16(24)19(20,21)22)23-17(25)26-18(2,3)4/h5-9,13,15-16H,10-12H2,1-4H3,(H,23,25)/t13-,15-,16-/m1/s1. The number of carbonyl (C=O) groups excluding carboxylic acids is 1. The Labute approximate surface area is 152 Å². The van der Waals surface area contributed by atoms with Crippen LogP contribution >= 0.6 is 0 Å². The zero-order chi connectivity index (χ0) is 19.5. The number of amides is 1. The number of benzene rings is 1. The fourth-order valence-electron chi connectivity index (χ4n) is 3.30. The summed E-state index contributed by atoms with van der Waals surface area (Å²) < 4.78 is 46.2. The topological polar surface area (TPSA) is 41.6 Å². The van der Waals surface area contributed by atoms with Gasteiger partial charge in [-0.25, -0.2) is 4.79 Å². The van der Waals surface area contributed by atoms with E-state index in [4.69, 9.17) is 4.74 Å². The van der Waals surface area contributed by atoms with E-state index in [0.717, 1.165) is 5.56 Å². The van der Waals surface area contributed by atoms with Crippen molar-refractivity contribution in [3.63, 3.8) is 0 Å². The minimum atomic E-state index is -4.36. The predicted molar refractivity (Wildman–Crippen MR) is 93.8 cm³/mol. The molecule has 1 N–H and O–H groups in total. The lowest BCUT2D eigenvalue weighted by Gasteiger charge is -2.43. The monoisotopic (exact) mass is 372 g/mol. The lowest BCUT2D eigenvalue weighted by molar-refractivity contribution is -0.199. The highest BCUT2D eigenvalue weighted by Crippen LogP contribution is 2.37. The molecule has 0 saturated carbocycles. The third-order valence-electron chi connectivity index (χ3n) is 4.52. The minimum Gasteiger partial charge on any atom is -0.444 e. The average molecular weight is 372 g/mol. The van der Waals surface area contributed by atoms with Gasteiger partial charge in [0.1, 0.15) is 11.6 Å². The van der Waals surface area contributed by atoms with Crippen molar-refractivity contribution in [2.24, 2.45) is 0 Å². The second-order valence-electron chi connectivity index (χ2n) is 7.75. The zero-order valence-electron chi connectivity index (χ0n) is 15.6. The molecule has 0 bridgehead atoms. The van der Waals surface area contributed by atoms with Gasteiger partial charge in [-0.1, -0.05) is 30.3 Å². The summed E-state index contributed by atoms with van der Waals surface area (Å²) in [4.78, 5) is 13.4. The summed E-state index contributed by atoms with van der Waals surface area (Å²) in [6.07, 6.45) is -4.77. The molecule has 0 spiro atoms. The van der Waals surface area contributed by atoms with E-state index in [1.165, 1.54) is 4.90 Å². The Balaban J connectivity index is 2.09. The van der Waals surface area contributed by atoms with Gasteiger partial charge in [0.05, 0.1) is 0 Å². The van der Waals surface area contributed by atoms with Gasteiger partial charge in [0.25, 0.3) is 0 Å². The molecule has 3 atom stereocenters. The molecule has 26 heavy (non-hydrogen) atoms. The Bertz CT molecular complexity index is 599. The summed E-state index contributed by atoms with van der Waals surface area (Å²) >= 11 is 0. The molecule has 146 valence electrons. The Morgan fingerprint density at radius 1 is 1.23 bits per heavy atom. The Hall–Kier alpha value is -1.76. The number of alkyl carbamates (subject to hydrolysis) is 1. The highest BCUT2D eigenvalue weighted by Gasteiger charge is 2.48. The van der Waals surface area contributed by atoms with Crippen LogP contribution in [0.3, 0.4) is 0 Å². The van der Waals surface area contributed by atoms with E-state index < -0.39 is 30.0 Å². The van der Waals surface area contributed by atoms with Crippen molar-refractivity contribution in [1.82, 2.24) is 10.2 Å². The molecule has 1 aliphatic rings. The molecule has 1 aliphatic heterocycles. The van der Waals surface area contributed by atoms with E-state index in [1.807, 2.05) is 30.3 Å². The number of carbonyl (C=O) groups is 1. The number of hydrogen-bond donors (Lipinski definition) is 1. The highest BCUT2D eigenvalue weighted by molar-refractivity contribution is 5.68. The molecule has 0 aliphatic carbocycles. The van der Waals surface area contributed by atoms with Gasteiger partial charge in [-0.15, -0.1) is 0 Å². The highest BCUT2D eigenvalue weighted by atomic mass is 19.4. The fourth-order valence-corrected chi connectivity index (χ4v) is 3.30. The van der Waals surface area contributed by atoms with Crippen LogP contribution in [0.25, 0.3) is 0 Å². The van der Waals surface area contributed by atoms with Gasteiger partial charge in [-0.3, -0.25) is 4.90 Å². The molecule has 0 radical (unpaired) electrons. The smallest absolute Gasteiger partial charge is 0.407 e. The quantitative estimate of drug-likeness (QED) is 0.838. The van der Waals surface area contributed by atoms with Gasteiger partial charge < -0.3 is 10.1 Å². The van der Waals surface area contributed by atoms with Crippen molar-refractivity contribution < 1.29 is 22.7 Å². The molecule has 2 rings (SSSR count). The van der Waals surface area contributed by atoms with Crippen LogP contribution in [0.5, 0.6) is 0 Å². The molecule has 0 aromatic heterocycles. The molecule has 1 fully saturated rings. The average Bonchev–Trinajstić information content (AvgIpc) is 2.52. The number of alkyl halides is 3. The first kappa shape index (κ1) is 20.6. The van der Waals surface area contributed by atoms with E-state index in [0.29, 0.717) is 6.42 Å². The zero-order valence-corrected chi connectivity index (χ0v) is 15.6. The van der Waals surface area contributed by atoms with E-state index in [9.17, 15) is 18.0 Å². The fraction of sp³-hybridized carbons (Fsp3) is 0.632. The number of rotatable bonds is 3. The number of hydrogen-bond acceptors (Lipinski definition) is 3. The molecular formula is C19H27F3N2O2. The van der Waals surface area contributed by atoms with Crippen LogP contribution in [-0.2, 0) is 4.74 Å². The van der Waals surface area contributed by atoms with Crippen molar-refractivity contribution in [3.05, 3.63) is 35.9 Å². The number of halogens is 3. The number of likely N-dealkylation sites (tertiary alicyclic amines) is 1. The van der Waals surface area contributed by atoms with Gasteiger partial charge in [-0.05, 0) is 46.1 Å². The molecule has 1 amide bonds. The maximum absolute atomic E-state index is 13.7. The summed E-state index contributed by atoms with van der Waals surface area (Å²) in [6.45, 7) is 7.19. The molecule has 4 nitrogen and oxygen atoms in total. The summed E-state index contributed by atoms with van der Waals surface area (Å²) in [7, 11) is 0. The third kappa shape index (κ3) is 5.62. The van der Waals surface area contributed by atoms with Crippen molar-refractivity contribution >= 4 is 6.09 Å². The molecule has 1 heterocycles. The van der Waals surface area contributed by atoms with Crippen LogP contribution in [-0.4, -0.2) is 41.4 Å². The van der Waals surface area contributed by atoms with E-state index >= 15 is 0 Å². The number of ether oxygens (including phenoxy) is 1. The number of nitrogens with zero attached hydrogens (tertiary/aromatic N) is 1. The first-order valence-corrected chi connectivity index (χ1v) is 8.84. The first-order chi connectivity index (χ1) is 12.0. The summed E-state index contributed by atoms with van der Waals surface area (Å²) in [5.41, 5.74) is 0.163. The molecular weight excluding hydrogens is 345 g/mol. The van der Waals surface area contributed by atoms with Crippen LogP contribution in [0.2, 0.25) is 0 Å². The minimum absolute atomic E-state index is 0.181. The van der Waals surface area contributed by atoms with E-state index in [-0.39, 0.29) is 19.0 Å². The third-order valence-corrected chi connectivity index (χ3v) is 4.52. The first-order valence-electron chi connectivity index (χ1n) is 8.84. The molecule has 0 unspecified atom stereocenters. The number of nitrogens with one attached hydrogen (secondary N) is 1. The van der Waals surface area contributed by atoms with Crippen LogP contribution in [0.1, 0.15) is 52.1 Å². The van der Waals surface area contributed by atoms with Crippen LogP contribution in [0.15, 0.2) is 30.3 Å². The lowest BCUT2D eigenvalue weighted by Crippen LogP contribution is -2.56. The molecule has 1 saturated heterocycles. The maximum atomic E-state index is 13.7. The molecule has 7 heteroatoms. The van der Waals surface area contributed by atoms with Crippen molar-refractivity contribution in [2.75, 3.05) is 6.54 Å². The van der Waals surface area contributed by atoms with Gasteiger partial charge in [0, 0.05) is 18.6 Å². The maximum Gasteiger partial charge on any atom is 0.407 e. The van der Waals surface area contributed by atoms with Crippen LogP contribution in [0, 0.1) is 0 Å². The Kier molecular flexibility index (Phi) is 6.21. The van der Waals surface area contributed by atoms with Gasteiger partial charge in [0.15, 0.2) is 0 Å². The van der Waals surface area contributed by atoms with Gasteiger partial charge in [-0.2, -0.15) is 13.2 Å². The number of piperidine rings is 1. The summed E-state index contributed by atoms with van der Waals surface area (Å²) in [6, 6.07) is 6.64. The summed E-state index contributed by atoms with van der Waals surface area (Å²) in [5.74, 6) is 0. The van der Waals surface area contributed by atoms with Crippen LogP contribution < -0.4 is 5.32 Å². The molecule has 1 aromatic carbocycles. The van der Waals surface area contributed by atoms with Gasteiger partial charge in [0.2, 0.25) is 0 Å². The van der Waals surface area contributed by atoms with Crippen molar-refractivity contribution in [3.8, 4) is 0 Å². The Morgan fingerprint density at radius 3 is 2.38 bits per heavy atom. The second kappa shape index (κ2) is 7.86.